The second-order valence-electron chi connectivity index (χ2n) is 7.49. The summed E-state index contributed by atoms with van der Waals surface area (Å²) in [6, 6.07) is 19.2. The first-order chi connectivity index (χ1) is 17.5. The van der Waals surface area contributed by atoms with Gasteiger partial charge in [-0.25, -0.2) is 19.2 Å². The van der Waals surface area contributed by atoms with Crippen LogP contribution < -0.4 is 26.0 Å². The van der Waals surface area contributed by atoms with Crippen LogP contribution >= 0.6 is 0 Å². The van der Waals surface area contributed by atoms with Crippen LogP contribution in [0.5, 0.6) is 11.6 Å². The molecule has 0 aliphatic carbocycles. The summed E-state index contributed by atoms with van der Waals surface area (Å²) in [6.45, 7) is 2.27. The van der Waals surface area contributed by atoms with Gasteiger partial charge in [-0.3, -0.25) is 10.1 Å². The second-order valence-corrected chi connectivity index (χ2v) is 7.49. The van der Waals surface area contributed by atoms with Crippen LogP contribution in [0.25, 0.3) is 0 Å². The number of aromatic nitrogens is 2. The summed E-state index contributed by atoms with van der Waals surface area (Å²) >= 11 is 0. The van der Waals surface area contributed by atoms with Gasteiger partial charge in [-0.1, -0.05) is 18.2 Å². The summed E-state index contributed by atoms with van der Waals surface area (Å²) in [7, 11) is 0. The number of carbonyl (C=O) groups is 2. The summed E-state index contributed by atoms with van der Waals surface area (Å²) in [5.74, 6) is 0.203. The van der Waals surface area contributed by atoms with Gasteiger partial charge in [-0.05, 0) is 49.4 Å². The van der Waals surface area contributed by atoms with Gasteiger partial charge in [0.1, 0.15) is 17.4 Å². The van der Waals surface area contributed by atoms with Gasteiger partial charge in [-0.2, -0.15) is 0 Å². The number of rotatable bonds is 8. The molecule has 36 heavy (non-hydrogen) atoms. The maximum Gasteiger partial charge on any atom is 0.320 e. The van der Waals surface area contributed by atoms with Crippen molar-refractivity contribution in [3.63, 3.8) is 0 Å². The first-order valence-corrected chi connectivity index (χ1v) is 11.1. The number of benzene rings is 2. The molecule has 182 valence electrons. The Bertz CT molecular complexity index is 1330. The van der Waals surface area contributed by atoms with E-state index < -0.39 is 11.9 Å². The fourth-order valence-electron chi connectivity index (χ4n) is 3.14. The number of anilines is 4. The largest absolute Gasteiger partial charge is 0.439 e. The van der Waals surface area contributed by atoms with Gasteiger partial charge < -0.3 is 20.7 Å². The molecule has 0 fully saturated rings. The maximum absolute atomic E-state index is 13.1. The lowest BCUT2D eigenvalue weighted by Gasteiger charge is -2.14. The lowest BCUT2D eigenvalue weighted by molar-refractivity contribution is 0.102. The molecule has 0 bridgehead atoms. The smallest absolute Gasteiger partial charge is 0.320 e. The number of ether oxygens (including phenoxy) is 1. The third kappa shape index (κ3) is 6.54. The summed E-state index contributed by atoms with van der Waals surface area (Å²) in [5, 5.41) is 11.2. The zero-order valence-corrected chi connectivity index (χ0v) is 19.3. The van der Waals surface area contributed by atoms with E-state index in [-0.39, 0.29) is 23.1 Å². The summed E-state index contributed by atoms with van der Waals surface area (Å²) in [5.41, 5.74) is 1.89. The third-order valence-corrected chi connectivity index (χ3v) is 4.81. The number of para-hydroxylation sites is 1. The number of nitrogens with zero attached hydrogens (tertiary/aromatic N) is 2. The lowest BCUT2D eigenvalue weighted by Crippen LogP contribution is -2.28. The van der Waals surface area contributed by atoms with Crippen LogP contribution in [0.3, 0.4) is 0 Å². The summed E-state index contributed by atoms with van der Waals surface area (Å²) in [6.07, 6.45) is 2.82. The fourth-order valence-corrected chi connectivity index (χ4v) is 3.14. The zero-order chi connectivity index (χ0) is 25.3. The van der Waals surface area contributed by atoms with E-state index in [2.05, 4.69) is 31.2 Å². The average molecular weight is 487 g/mol. The zero-order valence-electron chi connectivity index (χ0n) is 19.3. The van der Waals surface area contributed by atoms with Crippen LogP contribution in [0, 0.1) is 5.82 Å². The quantitative estimate of drug-likeness (QED) is 0.260. The minimum atomic E-state index is -0.431. The van der Waals surface area contributed by atoms with Crippen LogP contribution in [0.2, 0.25) is 0 Å². The van der Waals surface area contributed by atoms with Crippen molar-refractivity contribution in [3.8, 4) is 11.6 Å². The van der Waals surface area contributed by atoms with Gasteiger partial charge >= 0.3 is 6.03 Å². The van der Waals surface area contributed by atoms with Crippen molar-refractivity contribution in [2.24, 2.45) is 0 Å². The molecular weight excluding hydrogens is 463 g/mol. The normalized spacial score (nSPS) is 10.3. The maximum atomic E-state index is 13.1. The van der Waals surface area contributed by atoms with Crippen molar-refractivity contribution in [1.82, 2.24) is 15.3 Å². The third-order valence-electron chi connectivity index (χ3n) is 4.81. The van der Waals surface area contributed by atoms with Crippen molar-refractivity contribution in [2.45, 2.75) is 6.92 Å². The SMILES string of the molecule is CCNC(=O)Nc1cc(Nc2ccccc2)c(C(=O)Nc2ccc(Oc3ccc(F)cc3)nc2)cn1. The molecule has 2 aromatic carbocycles. The van der Waals surface area contributed by atoms with E-state index in [0.717, 1.165) is 5.69 Å². The minimum Gasteiger partial charge on any atom is -0.439 e. The number of nitrogens with one attached hydrogen (secondary N) is 4. The van der Waals surface area contributed by atoms with Crippen LogP contribution in [0.1, 0.15) is 17.3 Å². The van der Waals surface area contributed by atoms with E-state index in [0.29, 0.717) is 23.7 Å². The molecule has 0 saturated heterocycles. The molecule has 0 saturated carbocycles. The lowest BCUT2D eigenvalue weighted by atomic mass is 10.2. The molecule has 4 rings (SSSR count). The van der Waals surface area contributed by atoms with E-state index in [4.69, 9.17) is 4.74 Å². The van der Waals surface area contributed by atoms with Gasteiger partial charge in [0.2, 0.25) is 5.88 Å². The molecule has 0 atom stereocenters. The molecule has 0 aliphatic rings. The van der Waals surface area contributed by atoms with Crippen molar-refractivity contribution in [3.05, 3.63) is 96.6 Å². The highest BCUT2D eigenvalue weighted by Crippen LogP contribution is 2.25. The Morgan fingerprint density at radius 1 is 0.889 bits per heavy atom. The Hall–Kier alpha value is -4.99. The van der Waals surface area contributed by atoms with Crippen LogP contribution in [0.4, 0.5) is 32.1 Å². The monoisotopic (exact) mass is 486 g/mol. The molecule has 2 aromatic heterocycles. The predicted molar refractivity (Wildman–Crippen MR) is 135 cm³/mol. The number of carbonyl (C=O) groups excluding carboxylic acids is 2. The topological polar surface area (TPSA) is 117 Å². The molecule has 4 N–H and O–H groups in total. The van der Waals surface area contributed by atoms with Crippen LogP contribution in [-0.4, -0.2) is 28.5 Å². The van der Waals surface area contributed by atoms with Gasteiger partial charge in [0.05, 0.1) is 23.1 Å². The number of hydrogen-bond donors (Lipinski definition) is 4. The van der Waals surface area contributed by atoms with Crippen molar-refractivity contribution < 1.29 is 18.7 Å². The van der Waals surface area contributed by atoms with Crippen LogP contribution in [-0.2, 0) is 0 Å². The molecule has 4 aromatic rings. The molecule has 0 spiro atoms. The van der Waals surface area contributed by atoms with E-state index in [1.807, 2.05) is 30.3 Å². The number of urea groups is 1. The molecule has 0 radical (unpaired) electrons. The Labute approximate surface area is 206 Å². The molecule has 3 amide bonds. The Morgan fingerprint density at radius 3 is 2.36 bits per heavy atom. The molecule has 0 unspecified atom stereocenters. The summed E-state index contributed by atoms with van der Waals surface area (Å²) in [4.78, 5) is 33.4. The van der Waals surface area contributed by atoms with E-state index in [1.165, 1.54) is 36.7 Å². The fraction of sp³-hybridized carbons (Fsp3) is 0.0769. The van der Waals surface area contributed by atoms with Gasteiger partial charge in [0.15, 0.2) is 0 Å². The Kier molecular flexibility index (Phi) is 7.66. The number of pyridine rings is 2. The van der Waals surface area contributed by atoms with Crippen molar-refractivity contribution in [2.75, 3.05) is 22.5 Å². The van der Waals surface area contributed by atoms with Crippen molar-refractivity contribution >= 4 is 34.8 Å². The van der Waals surface area contributed by atoms with Gasteiger partial charge in [0.25, 0.3) is 5.91 Å². The molecule has 9 nitrogen and oxygen atoms in total. The Morgan fingerprint density at radius 2 is 1.67 bits per heavy atom. The van der Waals surface area contributed by atoms with Gasteiger partial charge in [0, 0.05) is 30.6 Å². The van der Waals surface area contributed by atoms with Gasteiger partial charge in [-0.15, -0.1) is 0 Å². The van der Waals surface area contributed by atoms with E-state index in [9.17, 15) is 14.0 Å². The summed E-state index contributed by atoms with van der Waals surface area (Å²) < 4.78 is 18.6. The first-order valence-electron chi connectivity index (χ1n) is 11.1. The second kappa shape index (κ2) is 11.4. The van der Waals surface area contributed by atoms with E-state index in [1.54, 1.807) is 25.1 Å². The molecule has 10 heteroatoms. The standard InChI is InChI=1S/C26H23FN6O3/c1-2-28-26(35)33-23-14-22(31-18-6-4-3-5-7-18)21(16-29-23)25(34)32-19-10-13-24(30-15-19)36-20-11-8-17(27)9-12-20/h3-16H,2H2,1H3,(H,32,34)(H3,28,29,31,33,35). The predicted octanol–water partition coefficient (Wildman–Crippen LogP) is 5.55. The highest BCUT2D eigenvalue weighted by Gasteiger charge is 2.15. The minimum absolute atomic E-state index is 0.256. The van der Waals surface area contributed by atoms with Crippen molar-refractivity contribution in [1.29, 1.82) is 0 Å². The highest BCUT2D eigenvalue weighted by atomic mass is 19.1. The Balaban J connectivity index is 1.50. The number of halogens is 1. The molecular formula is C26H23FN6O3. The highest BCUT2D eigenvalue weighted by molar-refractivity contribution is 6.08. The average Bonchev–Trinajstić information content (AvgIpc) is 2.87. The number of hydrogen-bond acceptors (Lipinski definition) is 6. The number of amides is 3. The van der Waals surface area contributed by atoms with E-state index >= 15 is 0 Å². The first kappa shape index (κ1) is 24.1. The molecule has 2 heterocycles. The molecule has 0 aliphatic heterocycles. The van der Waals surface area contributed by atoms with Crippen LogP contribution in [0.15, 0.2) is 85.2 Å².